The van der Waals surface area contributed by atoms with Crippen molar-refractivity contribution in [1.29, 1.82) is 0 Å². The minimum absolute atomic E-state index is 0.219. The Labute approximate surface area is 127 Å². The number of fused-ring (bicyclic) bond motifs is 2. The number of hydrogen-bond acceptors (Lipinski definition) is 4. The highest BCUT2D eigenvalue weighted by atomic mass is 16.5. The average molecular weight is 290 g/mol. The molecule has 0 radical (unpaired) electrons. The van der Waals surface area contributed by atoms with E-state index in [1.807, 2.05) is 12.1 Å². The molecular weight excluding hydrogens is 264 g/mol. The zero-order valence-electron chi connectivity index (χ0n) is 13.0. The van der Waals surface area contributed by atoms with Crippen LogP contribution >= 0.6 is 0 Å². The van der Waals surface area contributed by atoms with Crippen LogP contribution in [0.5, 0.6) is 11.5 Å². The summed E-state index contributed by atoms with van der Waals surface area (Å²) in [7, 11) is 3.86. The third-order valence-electron chi connectivity index (χ3n) is 5.18. The topological polar surface area (TPSA) is 44.7 Å². The lowest BCUT2D eigenvalue weighted by Gasteiger charge is -2.47. The maximum absolute atomic E-state index is 9.83. The third kappa shape index (κ3) is 3.16. The number of piperidine rings is 2. The van der Waals surface area contributed by atoms with Gasteiger partial charge in [-0.15, -0.1) is 0 Å². The minimum atomic E-state index is 0.219. The SMILES string of the molecule is COc1ccc(CNC2CC3CCCC(C2)N3C)cc1O. The number of rotatable bonds is 4. The quantitative estimate of drug-likeness (QED) is 0.894. The predicted molar refractivity (Wildman–Crippen MR) is 83.7 cm³/mol. The zero-order chi connectivity index (χ0) is 14.8. The molecule has 0 amide bonds. The summed E-state index contributed by atoms with van der Waals surface area (Å²) in [5, 5.41) is 13.5. The highest BCUT2D eigenvalue weighted by molar-refractivity contribution is 5.41. The molecule has 0 spiro atoms. The van der Waals surface area contributed by atoms with Crippen LogP contribution in [-0.4, -0.2) is 42.3 Å². The van der Waals surface area contributed by atoms with Gasteiger partial charge in [-0.05, 0) is 50.4 Å². The molecule has 4 heteroatoms. The second-order valence-electron chi connectivity index (χ2n) is 6.46. The standard InChI is InChI=1S/C17H26N2O2/c1-19-14-4-3-5-15(19)10-13(9-14)18-11-12-6-7-17(21-2)16(20)8-12/h6-8,13-15,18,20H,3-5,9-11H2,1-2H3. The average Bonchev–Trinajstić information content (AvgIpc) is 2.45. The van der Waals surface area contributed by atoms with Gasteiger partial charge in [-0.1, -0.05) is 12.5 Å². The highest BCUT2D eigenvalue weighted by Crippen LogP contribution is 2.33. The molecule has 2 fully saturated rings. The number of benzene rings is 1. The van der Waals surface area contributed by atoms with Crippen molar-refractivity contribution in [1.82, 2.24) is 10.2 Å². The van der Waals surface area contributed by atoms with Crippen molar-refractivity contribution in [3.63, 3.8) is 0 Å². The molecule has 2 atom stereocenters. The molecule has 2 aliphatic heterocycles. The van der Waals surface area contributed by atoms with E-state index in [1.165, 1.54) is 32.1 Å². The van der Waals surface area contributed by atoms with Crippen molar-refractivity contribution in [2.75, 3.05) is 14.2 Å². The van der Waals surface area contributed by atoms with Crippen molar-refractivity contribution in [2.24, 2.45) is 0 Å². The molecule has 2 unspecified atom stereocenters. The Morgan fingerprint density at radius 3 is 2.62 bits per heavy atom. The van der Waals surface area contributed by atoms with Gasteiger partial charge in [0.25, 0.3) is 0 Å². The number of ether oxygens (including phenoxy) is 1. The molecule has 0 aromatic heterocycles. The lowest BCUT2D eigenvalue weighted by Crippen LogP contribution is -2.54. The fourth-order valence-electron chi connectivity index (χ4n) is 3.89. The summed E-state index contributed by atoms with van der Waals surface area (Å²) < 4.78 is 5.08. The molecule has 2 bridgehead atoms. The van der Waals surface area contributed by atoms with Gasteiger partial charge < -0.3 is 20.1 Å². The molecule has 2 heterocycles. The molecule has 1 aromatic carbocycles. The number of nitrogens with one attached hydrogen (secondary N) is 1. The summed E-state index contributed by atoms with van der Waals surface area (Å²) in [6.45, 7) is 0.811. The molecule has 0 aliphatic carbocycles. The van der Waals surface area contributed by atoms with Crippen LogP contribution in [0.15, 0.2) is 18.2 Å². The Morgan fingerprint density at radius 1 is 1.29 bits per heavy atom. The summed E-state index contributed by atoms with van der Waals surface area (Å²) in [6, 6.07) is 7.73. The van der Waals surface area contributed by atoms with Crippen molar-refractivity contribution >= 4 is 0 Å². The molecule has 116 valence electrons. The summed E-state index contributed by atoms with van der Waals surface area (Å²) in [5.41, 5.74) is 1.11. The molecule has 21 heavy (non-hydrogen) atoms. The Morgan fingerprint density at radius 2 is 2.00 bits per heavy atom. The summed E-state index contributed by atoms with van der Waals surface area (Å²) in [6.07, 6.45) is 6.56. The zero-order valence-corrected chi connectivity index (χ0v) is 13.0. The van der Waals surface area contributed by atoms with Crippen LogP contribution < -0.4 is 10.1 Å². The van der Waals surface area contributed by atoms with Crippen LogP contribution in [0.4, 0.5) is 0 Å². The first-order valence-corrected chi connectivity index (χ1v) is 7.98. The molecule has 2 saturated heterocycles. The van der Waals surface area contributed by atoms with Crippen molar-refractivity contribution in [3.05, 3.63) is 23.8 Å². The van der Waals surface area contributed by atoms with Gasteiger partial charge in [0.1, 0.15) is 0 Å². The van der Waals surface area contributed by atoms with E-state index in [9.17, 15) is 5.11 Å². The molecule has 2 N–H and O–H groups in total. The molecular formula is C17H26N2O2. The van der Waals surface area contributed by atoms with Crippen molar-refractivity contribution in [2.45, 2.75) is 56.8 Å². The maximum atomic E-state index is 9.83. The molecule has 3 rings (SSSR count). The molecule has 2 aliphatic rings. The van der Waals surface area contributed by atoms with Gasteiger partial charge in [0.15, 0.2) is 11.5 Å². The van der Waals surface area contributed by atoms with E-state index in [0.717, 1.165) is 24.2 Å². The Balaban J connectivity index is 1.57. The molecule has 1 aromatic rings. The number of phenolic OH excluding ortho intramolecular Hbond substituents is 1. The summed E-state index contributed by atoms with van der Waals surface area (Å²) in [5.74, 6) is 0.754. The van der Waals surface area contributed by atoms with Gasteiger partial charge in [-0.3, -0.25) is 0 Å². The fraction of sp³-hybridized carbons (Fsp3) is 0.647. The lowest BCUT2D eigenvalue weighted by atomic mass is 9.82. The smallest absolute Gasteiger partial charge is 0.160 e. The van der Waals surface area contributed by atoms with Crippen LogP contribution in [0.25, 0.3) is 0 Å². The number of aromatic hydroxyl groups is 1. The Bertz CT molecular complexity index is 478. The first-order valence-electron chi connectivity index (χ1n) is 7.98. The van der Waals surface area contributed by atoms with E-state index in [-0.39, 0.29) is 5.75 Å². The van der Waals surface area contributed by atoms with Crippen LogP contribution in [0.1, 0.15) is 37.7 Å². The molecule has 4 nitrogen and oxygen atoms in total. The summed E-state index contributed by atoms with van der Waals surface area (Å²) in [4.78, 5) is 2.58. The Hall–Kier alpha value is -1.26. The van der Waals surface area contributed by atoms with Crippen LogP contribution in [0, 0.1) is 0 Å². The van der Waals surface area contributed by atoms with Crippen LogP contribution in [0.2, 0.25) is 0 Å². The Kier molecular flexibility index (Phi) is 4.36. The van der Waals surface area contributed by atoms with Gasteiger partial charge in [0.2, 0.25) is 0 Å². The summed E-state index contributed by atoms with van der Waals surface area (Å²) >= 11 is 0. The lowest BCUT2D eigenvalue weighted by molar-refractivity contribution is 0.0482. The van der Waals surface area contributed by atoms with Gasteiger partial charge >= 0.3 is 0 Å². The maximum Gasteiger partial charge on any atom is 0.160 e. The van der Waals surface area contributed by atoms with Crippen molar-refractivity contribution in [3.8, 4) is 11.5 Å². The monoisotopic (exact) mass is 290 g/mol. The second-order valence-corrected chi connectivity index (χ2v) is 6.46. The number of nitrogens with zero attached hydrogens (tertiary/aromatic N) is 1. The van der Waals surface area contributed by atoms with E-state index in [4.69, 9.17) is 4.74 Å². The predicted octanol–water partition coefficient (Wildman–Crippen LogP) is 2.51. The normalized spacial score (nSPS) is 29.3. The van der Waals surface area contributed by atoms with Gasteiger partial charge in [-0.2, -0.15) is 0 Å². The van der Waals surface area contributed by atoms with E-state index in [1.54, 1.807) is 13.2 Å². The number of phenols is 1. The fourth-order valence-corrected chi connectivity index (χ4v) is 3.89. The number of hydrogen-bond donors (Lipinski definition) is 2. The first kappa shape index (κ1) is 14.7. The van der Waals surface area contributed by atoms with Crippen LogP contribution in [-0.2, 0) is 6.54 Å². The largest absolute Gasteiger partial charge is 0.504 e. The second kappa shape index (κ2) is 6.24. The van der Waals surface area contributed by atoms with Crippen LogP contribution in [0.3, 0.4) is 0 Å². The van der Waals surface area contributed by atoms with E-state index >= 15 is 0 Å². The minimum Gasteiger partial charge on any atom is -0.504 e. The highest BCUT2D eigenvalue weighted by Gasteiger charge is 2.35. The van der Waals surface area contributed by atoms with Gasteiger partial charge in [0, 0.05) is 24.7 Å². The van der Waals surface area contributed by atoms with Gasteiger partial charge in [-0.25, -0.2) is 0 Å². The molecule has 0 saturated carbocycles. The van der Waals surface area contributed by atoms with Gasteiger partial charge in [0.05, 0.1) is 7.11 Å². The van der Waals surface area contributed by atoms with E-state index in [0.29, 0.717) is 11.8 Å². The first-order chi connectivity index (χ1) is 10.2. The van der Waals surface area contributed by atoms with Crippen molar-refractivity contribution < 1.29 is 9.84 Å². The third-order valence-corrected chi connectivity index (χ3v) is 5.18. The van der Waals surface area contributed by atoms with E-state index in [2.05, 4.69) is 17.3 Å². The van der Waals surface area contributed by atoms with E-state index < -0.39 is 0 Å². The number of methoxy groups -OCH3 is 1.